The van der Waals surface area contributed by atoms with E-state index in [2.05, 4.69) is 4.98 Å². The van der Waals surface area contributed by atoms with Gasteiger partial charge in [-0.2, -0.15) is 13.2 Å². The molecule has 114 valence electrons. The van der Waals surface area contributed by atoms with E-state index in [-0.39, 0.29) is 0 Å². The predicted octanol–water partition coefficient (Wildman–Crippen LogP) is 3.72. The number of benzene rings is 1. The van der Waals surface area contributed by atoms with Gasteiger partial charge in [0.15, 0.2) is 0 Å². The summed E-state index contributed by atoms with van der Waals surface area (Å²) in [4.78, 5) is 4.30. The Labute approximate surface area is 125 Å². The van der Waals surface area contributed by atoms with Crippen molar-refractivity contribution in [1.82, 2.24) is 9.55 Å². The molecular weight excluding hydrogens is 291 g/mol. The maximum Gasteiger partial charge on any atom is 0.416 e. The van der Waals surface area contributed by atoms with Gasteiger partial charge in [-0.25, -0.2) is 0 Å². The van der Waals surface area contributed by atoms with Crippen LogP contribution in [0.3, 0.4) is 0 Å². The zero-order valence-electron chi connectivity index (χ0n) is 11.9. The normalized spacial score (nSPS) is 12.0. The van der Waals surface area contributed by atoms with Crippen LogP contribution in [0.5, 0.6) is 0 Å². The fraction of sp³-hybridized carbons (Fsp3) is 0.188. The van der Waals surface area contributed by atoms with Crippen LogP contribution in [0.2, 0.25) is 0 Å². The molecule has 2 N–H and O–H groups in total. The van der Waals surface area contributed by atoms with E-state index in [1.807, 2.05) is 12.1 Å². The molecule has 0 saturated heterocycles. The number of alkyl halides is 3. The van der Waals surface area contributed by atoms with Crippen LogP contribution in [0.1, 0.15) is 11.1 Å². The minimum Gasteiger partial charge on any atom is -0.350 e. The second-order valence-corrected chi connectivity index (χ2v) is 5.14. The van der Waals surface area contributed by atoms with E-state index < -0.39 is 11.7 Å². The van der Waals surface area contributed by atoms with Crippen molar-refractivity contribution in [3.63, 3.8) is 0 Å². The molecule has 3 nitrogen and oxygen atoms in total. The first kappa shape index (κ1) is 14.6. The zero-order valence-corrected chi connectivity index (χ0v) is 11.9. The average Bonchev–Trinajstić information content (AvgIpc) is 2.83. The molecule has 0 saturated carbocycles. The number of nitrogens with two attached hydrogens (primary N) is 1. The van der Waals surface area contributed by atoms with Crippen molar-refractivity contribution in [2.24, 2.45) is 12.8 Å². The van der Waals surface area contributed by atoms with Crippen molar-refractivity contribution in [1.29, 1.82) is 0 Å². The molecule has 2 aromatic heterocycles. The fourth-order valence-corrected chi connectivity index (χ4v) is 2.51. The van der Waals surface area contributed by atoms with Gasteiger partial charge in [0.1, 0.15) is 0 Å². The summed E-state index contributed by atoms with van der Waals surface area (Å²) in [5.74, 6) is 0. The van der Waals surface area contributed by atoms with Gasteiger partial charge in [-0.15, -0.1) is 0 Å². The summed E-state index contributed by atoms with van der Waals surface area (Å²) in [5.41, 5.74) is 7.91. The second kappa shape index (κ2) is 5.14. The monoisotopic (exact) mass is 305 g/mol. The Kier molecular flexibility index (Phi) is 3.41. The first-order chi connectivity index (χ1) is 10.4. The lowest BCUT2D eigenvalue weighted by Crippen LogP contribution is -2.04. The van der Waals surface area contributed by atoms with Crippen LogP contribution in [-0.2, 0) is 19.8 Å². The van der Waals surface area contributed by atoms with E-state index in [1.54, 1.807) is 24.0 Å². The highest BCUT2D eigenvalue weighted by atomic mass is 19.4. The molecular formula is C16H14F3N3. The quantitative estimate of drug-likeness (QED) is 0.784. The highest BCUT2D eigenvalue weighted by Crippen LogP contribution is 2.35. The Balaban J connectivity index is 2.19. The lowest BCUT2D eigenvalue weighted by atomic mass is 10.1. The lowest BCUT2D eigenvalue weighted by molar-refractivity contribution is -0.137. The van der Waals surface area contributed by atoms with Gasteiger partial charge in [0.05, 0.1) is 11.3 Å². The van der Waals surface area contributed by atoms with Gasteiger partial charge in [0.25, 0.3) is 0 Å². The van der Waals surface area contributed by atoms with Gasteiger partial charge in [-0.05, 0) is 29.8 Å². The van der Waals surface area contributed by atoms with Gasteiger partial charge >= 0.3 is 6.18 Å². The third-order valence-corrected chi connectivity index (χ3v) is 3.65. The van der Waals surface area contributed by atoms with Gasteiger partial charge < -0.3 is 10.3 Å². The zero-order chi connectivity index (χ0) is 15.9. The lowest BCUT2D eigenvalue weighted by Gasteiger charge is -2.07. The van der Waals surface area contributed by atoms with Crippen molar-refractivity contribution in [2.45, 2.75) is 12.7 Å². The number of aromatic nitrogens is 2. The maximum absolute atomic E-state index is 12.8. The standard InChI is InChI=1S/C16H14F3N3/c1-22-9-13(14-6-10(8-20)4-5-21-14)12-3-2-11(7-15(12)22)16(17,18)19/h2-7,9H,8,20H2,1H3. The van der Waals surface area contributed by atoms with Crippen molar-refractivity contribution < 1.29 is 13.2 Å². The summed E-state index contributed by atoms with van der Waals surface area (Å²) in [6.07, 6.45) is -0.912. The summed E-state index contributed by atoms with van der Waals surface area (Å²) >= 11 is 0. The molecule has 1 aromatic carbocycles. The van der Waals surface area contributed by atoms with Crippen molar-refractivity contribution >= 4 is 10.9 Å². The fourth-order valence-electron chi connectivity index (χ4n) is 2.51. The van der Waals surface area contributed by atoms with Crippen LogP contribution >= 0.6 is 0 Å². The van der Waals surface area contributed by atoms with Crippen LogP contribution in [-0.4, -0.2) is 9.55 Å². The molecule has 0 fully saturated rings. The summed E-state index contributed by atoms with van der Waals surface area (Å²) in [5, 5.41) is 0.733. The largest absolute Gasteiger partial charge is 0.416 e. The number of aryl methyl sites for hydroxylation is 1. The molecule has 22 heavy (non-hydrogen) atoms. The minimum atomic E-state index is -4.35. The third kappa shape index (κ3) is 2.46. The van der Waals surface area contributed by atoms with E-state index in [0.717, 1.165) is 28.6 Å². The van der Waals surface area contributed by atoms with Crippen molar-refractivity contribution in [2.75, 3.05) is 0 Å². The van der Waals surface area contributed by atoms with E-state index in [0.29, 0.717) is 17.8 Å². The summed E-state index contributed by atoms with van der Waals surface area (Å²) < 4.78 is 40.2. The van der Waals surface area contributed by atoms with E-state index in [1.165, 1.54) is 6.07 Å². The van der Waals surface area contributed by atoms with Crippen molar-refractivity contribution in [3.05, 3.63) is 53.9 Å². The number of nitrogens with zero attached hydrogens (tertiary/aromatic N) is 2. The first-order valence-corrected chi connectivity index (χ1v) is 6.72. The third-order valence-electron chi connectivity index (χ3n) is 3.65. The Bertz CT molecular complexity index is 834. The Hall–Kier alpha value is -2.34. The Morgan fingerprint density at radius 3 is 2.64 bits per heavy atom. The number of hydrogen-bond acceptors (Lipinski definition) is 2. The SMILES string of the molecule is Cn1cc(-c2cc(CN)ccn2)c2ccc(C(F)(F)F)cc21. The minimum absolute atomic E-state index is 0.387. The Morgan fingerprint density at radius 1 is 1.18 bits per heavy atom. The van der Waals surface area contributed by atoms with E-state index in [9.17, 15) is 13.2 Å². The van der Waals surface area contributed by atoms with Crippen LogP contribution in [0, 0.1) is 0 Å². The average molecular weight is 305 g/mol. The predicted molar refractivity (Wildman–Crippen MR) is 79.0 cm³/mol. The van der Waals surface area contributed by atoms with Crippen molar-refractivity contribution in [3.8, 4) is 11.3 Å². The highest BCUT2D eigenvalue weighted by Gasteiger charge is 2.31. The molecule has 2 heterocycles. The molecule has 0 unspecified atom stereocenters. The molecule has 0 spiro atoms. The summed E-state index contributed by atoms with van der Waals surface area (Å²) in [6, 6.07) is 7.41. The smallest absolute Gasteiger partial charge is 0.350 e. The molecule has 3 aromatic rings. The van der Waals surface area contributed by atoms with E-state index in [4.69, 9.17) is 5.73 Å². The van der Waals surface area contributed by atoms with Gasteiger partial charge in [-0.1, -0.05) is 6.07 Å². The number of pyridine rings is 1. The summed E-state index contributed by atoms with van der Waals surface area (Å²) in [6.45, 7) is 0.387. The Morgan fingerprint density at radius 2 is 1.95 bits per heavy atom. The van der Waals surface area contributed by atoms with Gasteiger partial charge in [-0.3, -0.25) is 4.98 Å². The molecule has 0 aliphatic rings. The first-order valence-electron chi connectivity index (χ1n) is 6.72. The molecule has 0 bridgehead atoms. The second-order valence-electron chi connectivity index (χ2n) is 5.14. The number of halogens is 3. The topological polar surface area (TPSA) is 43.8 Å². The molecule has 6 heteroatoms. The number of hydrogen-bond donors (Lipinski definition) is 1. The van der Waals surface area contributed by atoms with Gasteiger partial charge in [0, 0.05) is 42.5 Å². The van der Waals surface area contributed by atoms with E-state index >= 15 is 0 Å². The highest BCUT2D eigenvalue weighted by molar-refractivity contribution is 5.95. The number of rotatable bonds is 2. The van der Waals surface area contributed by atoms with Crippen LogP contribution in [0.15, 0.2) is 42.7 Å². The molecule has 0 atom stereocenters. The molecule has 3 rings (SSSR count). The molecule has 0 amide bonds. The van der Waals surface area contributed by atoms with Crippen LogP contribution in [0.25, 0.3) is 22.2 Å². The van der Waals surface area contributed by atoms with Crippen LogP contribution < -0.4 is 5.73 Å². The molecule has 0 aliphatic carbocycles. The maximum atomic E-state index is 12.8. The van der Waals surface area contributed by atoms with Crippen LogP contribution in [0.4, 0.5) is 13.2 Å². The van der Waals surface area contributed by atoms with Gasteiger partial charge in [0.2, 0.25) is 0 Å². The summed E-state index contributed by atoms with van der Waals surface area (Å²) in [7, 11) is 1.72. The molecule has 0 aliphatic heterocycles. The number of fused-ring (bicyclic) bond motifs is 1. The molecule has 0 radical (unpaired) electrons.